The number of fused-ring (bicyclic) bond motifs is 2. The maximum absolute atomic E-state index is 13.5. The van der Waals surface area contributed by atoms with Crippen LogP contribution in [0.3, 0.4) is 0 Å². The molecule has 2 heterocycles. The molecule has 4 aromatic carbocycles. The number of carbonyl (C=O) groups is 2. The molecule has 1 unspecified atom stereocenters. The number of ketones is 2. The lowest BCUT2D eigenvalue weighted by Crippen LogP contribution is -2.58. The lowest BCUT2D eigenvalue weighted by atomic mass is 9.75. The molecule has 37 heavy (non-hydrogen) atoms. The van der Waals surface area contributed by atoms with Crippen LogP contribution in [0, 0.1) is 0 Å². The highest BCUT2D eigenvalue weighted by molar-refractivity contribution is 6.11. The van der Waals surface area contributed by atoms with Crippen LogP contribution in [-0.4, -0.2) is 24.3 Å². The molecule has 0 aliphatic carbocycles. The number of para-hydroxylation sites is 1. The van der Waals surface area contributed by atoms with E-state index in [1.807, 2.05) is 110 Å². The minimum atomic E-state index is -0.871. The minimum absolute atomic E-state index is 0.0102. The number of hydrogen-bond acceptors (Lipinski definition) is 4. The number of likely N-dealkylation sites (N-methyl/N-ethyl adjacent to an activating group) is 1. The molecule has 4 aromatic rings. The van der Waals surface area contributed by atoms with Crippen molar-refractivity contribution >= 4 is 23.3 Å². The highest BCUT2D eigenvalue weighted by atomic mass is 16.5. The zero-order valence-electron chi connectivity index (χ0n) is 21.1. The molecule has 0 saturated heterocycles. The van der Waals surface area contributed by atoms with Gasteiger partial charge in [0, 0.05) is 35.0 Å². The summed E-state index contributed by atoms with van der Waals surface area (Å²) in [6.07, 6.45) is 4.12. The molecule has 6 rings (SSSR count). The first-order valence-corrected chi connectivity index (χ1v) is 12.4. The predicted octanol–water partition coefficient (Wildman–Crippen LogP) is 6.68. The quantitative estimate of drug-likeness (QED) is 0.303. The third kappa shape index (κ3) is 3.36. The second kappa shape index (κ2) is 8.31. The second-order valence-corrected chi connectivity index (χ2v) is 10.2. The molecule has 2 aliphatic rings. The summed E-state index contributed by atoms with van der Waals surface area (Å²) in [5.41, 5.74) is 3.95. The van der Waals surface area contributed by atoms with Crippen LogP contribution in [-0.2, 0) is 5.41 Å². The molecule has 182 valence electrons. The third-order valence-electron chi connectivity index (χ3n) is 7.80. The Hall–Kier alpha value is -4.44. The van der Waals surface area contributed by atoms with Crippen molar-refractivity contribution in [3.8, 4) is 5.75 Å². The van der Waals surface area contributed by atoms with E-state index in [4.69, 9.17) is 4.74 Å². The smallest absolute Gasteiger partial charge is 0.211 e. The highest BCUT2D eigenvalue weighted by Gasteiger charge is 2.58. The van der Waals surface area contributed by atoms with E-state index in [0.29, 0.717) is 28.0 Å². The first kappa shape index (κ1) is 23.0. The van der Waals surface area contributed by atoms with Gasteiger partial charge in [-0.05, 0) is 55.8 Å². The molecular weight excluding hydrogens is 458 g/mol. The van der Waals surface area contributed by atoms with Crippen molar-refractivity contribution < 1.29 is 14.3 Å². The predicted molar refractivity (Wildman–Crippen MR) is 146 cm³/mol. The van der Waals surface area contributed by atoms with E-state index in [1.54, 1.807) is 0 Å². The Bertz CT molecular complexity index is 1570. The number of carbonyl (C=O) groups excluding carboxylic acids is 2. The van der Waals surface area contributed by atoms with Gasteiger partial charge in [0.15, 0.2) is 11.6 Å². The second-order valence-electron chi connectivity index (χ2n) is 10.2. The molecular formula is C33H27NO3. The summed E-state index contributed by atoms with van der Waals surface area (Å²) < 4.78 is 6.88. The highest BCUT2D eigenvalue weighted by Crippen LogP contribution is 2.55. The summed E-state index contributed by atoms with van der Waals surface area (Å²) in [4.78, 5) is 28.8. The normalized spacial score (nSPS) is 18.7. The van der Waals surface area contributed by atoms with E-state index >= 15 is 0 Å². The van der Waals surface area contributed by atoms with Crippen LogP contribution in [0.2, 0.25) is 0 Å². The Kier molecular flexibility index (Phi) is 5.16. The number of anilines is 1. The van der Waals surface area contributed by atoms with Crippen molar-refractivity contribution in [2.45, 2.75) is 25.0 Å². The van der Waals surface area contributed by atoms with Crippen molar-refractivity contribution in [1.82, 2.24) is 0 Å². The molecule has 0 N–H and O–H groups in total. The number of hydrogen-bond donors (Lipinski definition) is 0. The molecule has 1 spiro atoms. The maximum Gasteiger partial charge on any atom is 0.211 e. The first-order chi connectivity index (χ1) is 17.8. The fourth-order valence-electron chi connectivity index (χ4n) is 5.65. The molecule has 0 bridgehead atoms. The van der Waals surface area contributed by atoms with Crippen molar-refractivity contribution in [3.05, 3.63) is 137 Å². The molecule has 0 aromatic heterocycles. The fourth-order valence-corrected chi connectivity index (χ4v) is 5.65. The van der Waals surface area contributed by atoms with Gasteiger partial charge < -0.3 is 9.64 Å². The number of rotatable bonds is 4. The Morgan fingerprint density at radius 1 is 0.730 bits per heavy atom. The monoisotopic (exact) mass is 485 g/mol. The van der Waals surface area contributed by atoms with Gasteiger partial charge in [-0.25, -0.2) is 0 Å². The molecule has 0 saturated carbocycles. The Morgan fingerprint density at radius 3 is 2.05 bits per heavy atom. The summed E-state index contributed by atoms with van der Waals surface area (Å²) in [5.74, 6) is 0.491. The van der Waals surface area contributed by atoms with Gasteiger partial charge >= 0.3 is 0 Å². The topological polar surface area (TPSA) is 46.6 Å². The minimum Gasteiger partial charge on any atom is -0.462 e. The number of ether oxygens (including phenoxy) is 1. The summed E-state index contributed by atoms with van der Waals surface area (Å²) in [5, 5.41) is 0. The maximum atomic E-state index is 13.5. The van der Waals surface area contributed by atoms with Gasteiger partial charge in [0.25, 0.3) is 0 Å². The Morgan fingerprint density at radius 2 is 1.38 bits per heavy atom. The molecule has 1 atom stereocenters. The zero-order valence-corrected chi connectivity index (χ0v) is 21.1. The molecule has 2 aliphatic heterocycles. The zero-order chi connectivity index (χ0) is 25.8. The largest absolute Gasteiger partial charge is 0.462 e. The van der Waals surface area contributed by atoms with Crippen LogP contribution in [0.1, 0.15) is 56.8 Å². The molecule has 0 fully saturated rings. The van der Waals surface area contributed by atoms with Gasteiger partial charge in [-0.3, -0.25) is 9.59 Å². The van der Waals surface area contributed by atoms with E-state index in [-0.39, 0.29) is 11.6 Å². The average Bonchev–Trinajstić information content (AvgIpc) is 3.10. The fraction of sp³-hybridized carbons (Fsp3) is 0.152. The van der Waals surface area contributed by atoms with E-state index < -0.39 is 11.1 Å². The van der Waals surface area contributed by atoms with Crippen molar-refractivity contribution in [3.63, 3.8) is 0 Å². The molecule has 4 heteroatoms. The number of nitrogens with zero attached hydrogens (tertiary/aromatic N) is 1. The average molecular weight is 486 g/mol. The van der Waals surface area contributed by atoms with Crippen LogP contribution in [0.15, 0.2) is 103 Å². The van der Waals surface area contributed by atoms with Crippen LogP contribution < -0.4 is 9.64 Å². The van der Waals surface area contributed by atoms with Crippen molar-refractivity contribution in [2.24, 2.45) is 0 Å². The Balaban J connectivity index is 1.43. The van der Waals surface area contributed by atoms with E-state index in [2.05, 4.69) is 24.8 Å². The van der Waals surface area contributed by atoms with Crippen LogP contribution in [0.25, 0.3) is 6.08 Å². The summed E-state index contributed by atoms with van der Waals surface area (Å²) >= 11 is 0. The van der Waals surface area contributed by atoms with Crippen LogP contribution in [0.4, 0.5) is 5.69 Å². The van der Waals surface area contributed by atoms with E-state index in [9.17, 15) is 9.59 Å². The summed E-state index contributed by atoms with van der Waals surface area (Å²) in [7, 11) is 2.00. The van der Waals surface area contributed by atoms with E-state index in [0.717, 1.165) is 16.8 Å². The van der Waals surface area contributed by atoms with Gasteiger partial charge in [0.2, 0.25) is 5.72 Å². The lowest BCUT2D eigenvalue weighted by molar-refractivity contribution is 0.0567. The molecule has 4 nitrogen and oxygen atoms in total. The van der Waals surface area contributed by atoms with E-state index in [1.165, 1.54) is 0 Å². The van der Waals surface area contributed by atoms with Crippen LogP contribution >= 0.6 is 0 Å². The standard InChI is InChI=1S/C33H27NO3/c1-32(2)27-21-25(29(35)22-11-6-4-7-12-22)17-18-28(27)34(3)33(32)20-19-24-15-10-16-26(31(24)37-33)30(36)23-13-8-5-9-14-23/h4-21H,1-3H3. The van der Waals surface area contributed by atoms with Crippen molar-refractivity contribution in [2.75, 3.05) is 11.9 Å². The molecule has 0 amide bonds. The molecule has 0 radical (unpaired) electrons. The summed E-state index contributed by atoms with van der Waals surface area (Å²) in [6, 6.07) is 30.1. The van der Waals surface area contributed by atoms with Gasteiger partial charge in [-0.1, -0.05) is 72.8 Å². The van der Waals surface area contributed by atoms with Gasteiger partial charge in [0.05, 0.1) is 11.0 Å². The number of benzene rings is 4. The van der Waals surface area contributed by atoms with Crippen LogP contribution in [0.5, 0.6) is 5.75 Å². The third-order valence-corrected chi connectivity index (χ3v) is 7.80. The van der Waals surface area contributed by atoms with Crippen molar-refractivity contribution in [1.29, 1.82) is 0 Å². The van der Waals surface area contributed by atoms with Gasteiger partial charge in [-0.15, -0.1) is 0 Å². The Labute approximate surface area is 216 Å². The van der Waals surface area contributed by atoms with Gasteiger partial charge in [0.1, 0.15) is 5.75 Å². The lowest BCUT2D eigenvalue weighted by Gasteiger charge is -2.46. The SMILES string of the molecule is CN1c2ccc(C(=O)c3ccccc3)cc2C(C)(C)C12C=Cc1cccc(C(=O)c3ccccc3)c1O2. The van der Waals surface area contributed by atoms with Gasteiger partial charge in [-0.2, -0.15) is 0 Å². The first-order valence-electron chi connectivity index (χ1n) is 12.4. The summed E-state index contributed by atoms with van der Waals surface area (Å²) in [6.45, 7) is 4.26.